The third kappa shape index (κ3) is 6.86. The molecule has 0 fully saturated rings. The van der Waals surface area contributed by atoms with Crippen LogP contribution in [0.2, 0.25) is 0 Å². The van der Waals surface area contributed by atoms with Crippen LogP contribution in [-0.4, -0.2) is 28.7 Å². The maximum Gasteiger partial charge on any atom is 0.216 e. The first-order valence-corrected chi connectivity index (χ1v) is 10.5. The van der Waals surface area contributed by atoms with E-state index in [0.717, 1.165) is 28.2 Å². The number of benzene rings is 2. The van der Waals surface area contributed by atoms with Gasteiger partial charge in [-0.15, -0.1) is 0 Å². The van der Waals surface area contributed by atoms with Crippen LogP contribution in [0.25, 0.3) is 0 Å². The van der Waals surface area contributed by atoms with Crippen molar-refractivity contribution in [1.82, 2.24) is 10.0 Å². The van der Waals surface area contributed by atoms with Gasteiger partial charge in [0, 0.05) is 25.2 Å². The molecule has 27 heavy (non-hydrogen) atoms. The molecule has 2 N–H and O–H groups in total. The van der Waals surface area contributed by atoms with Crippen LogP contribution in [0.1, 0.15) is 30.5 Å². The van der Waals surface area contributed by atoms with E-state index in [1.54, 1.807) is 14.2 Å². The second kappa shape index (κ2) is 9.73. The summed E-state index contributed by atoms with van der Waals surface area (Å²) in [6, 6.07) is 13.2. The summed E-state index contributed by atoms with van der Waals surface area (Å²) >= 11 is 0. The summed E-state index contributed by atoms with van der Waals surface area (Å²) < 4.78 is 37.7. The molecule has 0 saturated heterocycles. The van der Waals surface area contributed by atoms with Crippen LogP contribution < -0.4 is 19.5 Å². The molecule has 0 amide bonds. The van der Waals surface area contributed by atoms with E-state index < -0.39 is 10.0 Å². The van der Waals surface area contributed by atoms with Crippen molar-refractivity contribution < 1.29 is 17.9 Å². The monoisotopic (exact) mass is 392 g/mol. The van der Waals surface area contributed by atoms with Crippen molar-refractivity contribution in [1.29, 1.82) is 0 Å². The molecule has 7 heteroatoms. The Balaban J connectivity index is 2.05. The van der Waals surface area contributed by atoms with Gasteiger partial charge in [0.25, 0.3) is 0 Å². The summed E-state index contributed by atoms with van der Waals surface area (Å²) in [7, 11) is -0.125. The number of rotatable bonds is 10. The first-order valence-electron chi connectivity index (χ1n) is 8.82. The van der Waals surface area contributed by atoms with Gasteiger partial charge in [0.1, 0.15) is 11.5 Å². The van der Waals surface area contributed by atoms with Crippen LogP contribution in [0.5, 0.6) is 11.5 Å². The molecule has 2 aromatic rings. The third-order valence-corrected chi connectivity index (χ3v) is 5.46. The number of hydrogen-bond donors (Lipinski definition) is 2. The minimum atomic E-state index is -3.36. The number of sulfonamides is 1. The Labute approximate surface area is 161 Å². The van der Waals surface area contributed by atoms with Gasteiger partial charge in [-0.3, -0.25) is 0 Å². The Morgan fingerprint density at radius 3 is 2.07 bits per heavy atom. The van der Waals surface area contributed by atoms with Gasteiger partial charge in [-0.25, -0.2) is 13.1 Å². The van der Waals surface area contributed by atoms with E-state index >= 15 is 0 Å². The van der Waals surface area contributed by atoms with Gasteiger partial charge < -0.3 is 14.8 Å². The summed E-state index contributed by atoms with van der Waals surface area (Å²) in [6.45, 7) is 4.80. The third-order valence-electron chi connectivity index (χ3n) is 3.93. The van der Waals surface area contributed by atoms with E-state index in [0.29, 0.717) is 13.1 Å². The summed E-state index contributed by atoms with van der Waals surface area (Å²) in [4.78, 5) is 0. The highest BCUT2D eigenvalue weighted by Crippen LogP contribution is 2.22. The minimum Gasteiger partial charge on any atom is -0.497 e. The predicted molar refractivity (Wildman–Crippen MR) is 107 cm³/mol. The smallest absolute Gasteiger partial charge is 0.216 e. The van der Waals surface area contributed by atoms with E-state index in [4.69, 9.17) is 9.47 Å². The Morgan fingerprint density at radius 1 is 0.926 bits per heavy atom. The summed E-state index contributed by atoms with van der Waals surface area (Å²) in [6.07, 6.45) is 0. The molecule has 0 aliphatic rings. The van der Waals surface area contributed by atoms with Gasteiger partial charge >= 0.3 is 0 Å². The molecular weight excluding hydrogens is 364 g/mol. The van der Waals surface area contributed by atoms with Crippen molar-refractivity contribution in [2.45, 2.75) is 38.7 Å². The lowest BCUT2D eigenvalue weighted by Gasteiger charge is -2.14. The maximum absolute atomic E-state index is 12.2. The normalized spacial score (nSPS) is 11.6. The molecule has 0 heterocycles. The van der Waals surface area contributed by atoms with E-state index in [2.05, 4.69) is 10.0 Å². The molecule has 0 aromatic heterocycles. The summed E-state index contributed by atoms with van der Waals surface area (Å²) in [5.41, 5.74) is 2.78. The molecule has 0 spiro atoms. The van der Waals surface area contributed by atoms with Gasteiger partial charge in [0.2, 0.25) is 10.0 Å². The maximum atomic E-state index is 12.2. The van der Waals surface area contributed by atoms with Crippen molar-refractivity contribution in [2.24, 2.45) is 0 Å². The van der Waals surface area contributed by atoms with Gasteiger partial charge in [0.15, 0.2) is 0 Å². The van der Waals surface area contributed by atoms with Crippen molar-refractivity contribution in [2.75, 3.05) is 14.2 Å². The van der Waals surface area contributed by atoms with Gasteiger partial charge in [-0.2, -0.15) is 0 Å². The summed E-state index contributed by atoms with van der Waals surface area (Å²) in [5, 5.41) is 3.36. The molecule has 148 valence electrons. The molecule has 0 atom stereocenters. The Kier molecular flexibility index (Phi) is 7.65. The molecular formula is C20H28N2O4S. The Hall–Kier alpha value is -2.09. The van der Waals surface area contributed by atoms with Crippen LogP contribution in [-0.2, 0) is 28.9 Å². The van der Waals surface area contributed by atoms with E-state index in [1.807, 2.05) is 56.3 Å². The first-order chi connectivity index (χ1) is 12.8. The molecule has 0 unspecified atom stereocenters. The highest BCUT2D eigenvalue weighted by Gasteiger charge is 2.15. The van der Waals surface area contributed by atoms with Crippen molar-refractivity contribution >= 4 is 10.0 Å². The largest absolute Gasteiger partial charge is 0.497 e. The van der Waals surface area contributed by atoms with Gasteiger partial charge in [-0.05, 0) is 42.7 Å². The zero-order valence-corrected chi connectivity index (χ0v) is 17.1. The number of ether oxygens (including phenoxy) is 2. The van der Waals surface area contributed by atoms with Gasteiger partial charge in [-0.1, -0.05) is 24.3 Å². The molecule has 0 saturated carbocycles. The second-order valence-corrected chi connectivity index (χ2v) is 8.38. The lowest BCUT2D eigenvalue weighted by Crippen LogP contribution is -2.31. The molecule has 2 rings (SSSR count). The zero-order valence-electron chi connectivity index (χ0n) is 16.3. The Bertz CT molecular complexity index is 829. The fourth-order valence-corrected chi connectivity index (χ4v) is 4.28. The molecule has 6 nitrogen and oxygen atoms in total. The van der Waals surface area contributed by atoms with E-state index in [9.17, 15) is 8.42 Å². The molecule has 0 radical (unpaired) electrons. The predicted octanol–water partition coefficient (Wildman–Crippen LogP) is 2.82. The lowest BCUT2D eigenvalue weighted by atomic mass is 10.1. The standard InChI is InChI=1S/C20H28N2O4S/c1-15(2)22-27(23,24)14-18-8-6-5-7-17(18)13-21-12-16-9-19(25-3)11-20(10-16)26-4/h5-11,15,21-22H,12-14H2,1-4H3. The fraction of sp³-hybridized carbons (Fsp3) is 0.400. The number of hydrogen-bond acceptors (Lipinski definition) is 5. The van der Waals surface area contributed by atoms with E-state index in [1.165, 1.54) is 0 Å². The molecule has 0 aliphatic carbocycles. The quantitative estimate of drug-likeness (QED) is 0.650. The molecule has 0 bridgehead atoms. The SMILES string of the molecule is COc1cc(CNCc2ccccc2CS(=O)(=O)NC(C)C)cc(OC)c1. The van der Waals surface area contributed by atoms with Crippen molar-refractivity contribution in [3.63, 3.8) is 0 Å². The highest BCUT2D eigenvalue weighted by atomic mass is 32.2. The first kappa shape index (κ1) is 21.2. The average Bonchev–Trinajstić information content (AvgIpc) is 2.61. The lowest BCUT2D eigenvalue weighted by molar-refractivity contribution is 0.393. The van der Waals surface area contributed by atoms with Crippen LogP contribution >= 0.6 is 0 Å². The second-order valence-electron chi connectivity index (χ2n) is 6.62. The van der Waals surface area contributed by atoms with Gasteiger partial charge in [0.05, 0.1) is 20.0 Å². The summed E-state index contributed by atoms with van der Waals surface area (Å²) in [5.74, 6) is 1.44. The Morgan fingerprint density at radius 2 is 1.52 bits per heavy atom. The zero-order chi connectivity index (χ0) is 19.9. The van der Waals surface area contributed by atoms with Crippen LogP contribution in [0, 0.1) is 0 Å². The molecule has 2 aromatic carbocycles. The van der Waals surface area contributed by atoms with E-state index in [-0.39, 0.29) is 11.8 Å². The minimum absolute atomic E-state index is 0.0317. The average molecular weight is 393 g/mol. The van der Waals surface area contributed by atoms with Crippen molar-refractivity contribution in [3.8, 4) is 11.5 Å². The fourth-order valence-electron chi connectivity index (χ4n) is 2.79. The number of methoxy groups -OCH3 is 2. The van der Waals surface area contributed by atoms with Crippen LogP contribution in [0.4, 0.5) is 0 Å². The highest BCUT2D eigenvalue weighted by molar-refractivity contribution is 7.88. The topological polar surface area (TPSA) is 76.7 Å². The number of nitrogens with one attached hydrogen (secondary N) is 2. The molecule has 0 aliphatic heterocycles. The van der Waals surface area contributed by atoms with Crippen LogP contribution in [0.15, 0.2) is 42.5 Å². The van der Waals surface area contributed by atoms with Crippen molar-refractivity contribution in [3.05, 3.63) is 59.2 Å². The van der Waals surface area contributed by atoms with Crippen LogP contribution in [0.3, 0.4) is 0 Å².